The van der Waals surface area contributed by atoms with Gasteiger partial charge in [-0.25, -0.2) is 3.96 Å². The van der Waals surface area contributed by atoms with Crippen LogP contribution in [0, 0.1) is 0 Å². The zero-order chi connectivity index (χ0) is 10.1. The van der Waals surface area contributed by atoms with Gasteiger partial charge in [-0.15, -0.1) is 0 Å². The van der Waals surface area contributed by atoms with E-state index in [1.165, 1.54) is 21.6 Å². The van der Waals surface area contributed by atoms with Gasteiger partial charge in [-0.1, -0.05) is 34.7 Å². The number of nitrogens with zero attached hydrogens (tertiary/aromatic N) is 1. The summed E-state index contributed by atoms with van der Waals surface area (Å²) < 4.78 is 1.53. The van der Waals surface area contributed by atoms with Gasteiger partial charge in [0.1, 0.15) is 0 Å². The van der Waals surface area contributed by atoms with E-state index in [1.54, 1.807) is 23.6 Å². The number of benzene rings is 1. The van der Waals surface area contributed by atoms with Crippen LogP contribution in [-0.4, -0.2) is 3.96 Å². The average molecular weight is 246 g/mol. The maximum Gasteiger partial charge on any atom is 0.265 e. The van der Waals surface area contributed by atoms with E-state index in [1.807, 2.05) is 0 Å². The van der Waals surface area contributed by atoms with Crippen LogP contribution >= 0.6 is 34.7 Å². The summed E-state index contributed by atoms with van der Waals surface area (Å²) >= 11 is 13.0. The fourth-order valence-electron chi connectivity index (χ4n) is 1.11. The molecule has 14 heavy (non-hydrogen) atoms. The second-order valence-corrected chi connectivity index (χ2v) is 4.39. The summed E-state index contributed by atoms with van der Waals surface area (Å²) in [5, 5.41) is 2.76. The summed E-state index contributed by atoms with van der Waals surface area (Å²) in [6, 6.07) is 6.53. The molecular formula is C9H5Cl2NOS. The van der Waals surface area contributed by atoms with Gasteiger partial charge in [-0.3, -0.25) is 4.79 Å². The van der Waals surface area contributed by atoms with Crippen LogP contribution in [0.15, 0.2) is 34.4 Å². The molecule has 0 atom stereocenters. The van der Waals surface area contributed by atoms with Crippen molar-refractivity contribution in [2.24, 2.45) is 0 Å². The molecule has 0 spiro atoms. The van der Waals surface area contributed by atoms with Gasteiger partial charge in [-0.2, -0.15) is 0 Å². The van der Waals surface area contributed by atoms with Gasteiger partial charge in [-0.05, 0) is 18.2 Å². The Balaban J connectivity index is 2.63. The first-order valence-corrected chi connectivity index (χ1v) is 5.39. The molecule has 0 fully saturated rings. The predicted octanol–water partition coefficient (Wildman–Crippen LogP) is 3.21. The number of rotatable bonds is 1. The average Bonchev–Trinajstić information content (AvgIpc) is 2.49. The summed E-state index contributed by atoms with van der Waals surface area (Å²) in [4.78, 5) is 11.3. The lowest BCUT2D eigenvalue weighted by molar-refractivity contribution is 1.13. The molecule has 2 aromatic rings. The third kappa shape index (κ3) is 1.85. The molecule has 0 amide bonds. The van der Waals surface area contributed by atoms with Gasteiger partial charge in [0.15, 0.2) is 0 Å². The first-order valence-electron chi connectivity index (χ1n) is 3.80. The molecule has 0 N–H and O–H groups in total. The molecule has 1 heterocycles. The maximum atomic E-state index is 11.3. The van der Waals surface area contributed by atoms with Crippen molar-refractivity contribution in [3.8, 4) is 5.69 Å². The van der Waals surface area contributed by atoms with E-state index in [9.17, 15) is 4.79 Å². The highest BCUT2D eigenvalue weighted by Gasteiger charge is 2.03. The Morgan fingerprint density at radius 2 is 1.79 bits per heavy atom. The minimum absolute atomic E-state index is 0.0756. The van der Waals surface area contributed by atoms with Gasteiger partial charge in [0.2, 0.25) is 0 Å². The Morgan fingerprint density at radius 3 is 2.29 bits per heavy atom. The Kier molecular flexibility index (Phi) is 2.63. The molecule has 2 rings (SSSR count). The van der Waals surface area contributed by atoms with Gasteiger partial charge in [0, 0.05) is 21.5 Å². The summed E-state index contributed by atoms with van der Waals surface area (Å²) in [5.74, 6) is 0. The minimum Gasteiger partial charge on any atom is -0.268 e. The van der Waals surface area contributed by atoms with Gasteiger partial charge in [0.05, 0.1) is 5.69 Å². The van der Waals surface area contributed by atoms with Crippen molar-refractivity contribution in [2.75, 3.05) is 0 Å². The maximum absolute atomic E-state index is 11.3. The van der Waals surface area contributed by atoms with E-state index in [4.69, 9.17) is 23.2 Å². The van der Waals surface area contributed by atoms with E-state index in [2.05, 4.69) is 0 Å². The first kappa shape index (κ1) is 9.77. The summed E-state index contributed by atoms with van der Waals surface area (Å²) in [5.41, 5.74) is 0.621. The molecule has 2 nitrogen and oxygen atoms in total. The number of halogens is 2. The number of hydrogen-bond donors (Lipinski definition) is 0. The van der Waals surface area contributed by atoms with Crippen molar-refractivity contribution < 1.29 is 0 Å². The summed E-state index contributed by atoms with van der Waals surface area (Å²) in [6.45, 7) is 0. The smallest absolute Gasteiger partial charge is 0.265 e. The van der Waals surface area contributed by atoms with Crippen LogP contribution in [0.1, 0.15) is 0 Å². The van der Waals surface area contributed by atoms with Crippen molar-refractivity contribution >= 4 is 34.7 Å². The van der Waals surface area contributed by atoms with Gasteiger partial charge >= 0.3 is 0 Å². The van der Waals surface area contributed by atoms with Crippen LogP contribution in [0.3, 0.4) is 0 Å². The third-order valence-corrected chi connectivity index (χ3v) is 2.95. The zero-order valence-corrected chi connectivity index (χ0v) is 9.23. The van der Waals surface area contributed by atoms with E-state index in [-0.39, 0.29) is 5.56 Å². The molecule has 0 saturated carbocycles. The molecule has 0 saturated heterocycles. The predicted molar refractivity (Wildman–Crippen MR) is 59.9 cm³/mol. The Bertz CT molecular complexity index is 497. The second kappa shape index (κ2) is 3.77. The van der Waals surface area contributed by atoms with E-state index in [0.29, 0.717) is 15.7 Å². The van der Waals surface area contributed by atoms with E-state index in [0.717, 1.165) is 0 Å². The summed E-state index contributed by atoms with van der Waals surface area (Å²) in [6.07, 6.45) is 0. The lowest BCUT2D eigenvalue weighted by atomic mass is 10.3. The highest BCUT2D eigenvalue weighted by Crippen LogP contribution is 2.21. The fraction of sp³-hybridized carbons (Fsp3) is 0. The molecule has 72 valence electrons. The van der Waals surface area contributed by atoms with Crippen molar-refractivity contribution in [3.63, 3.8) is 0 Å². The van der Waals surface area contributed by atoms with Crippen LogP contribution < -0.4 is 5.56 Å². The van der Waals surface area contributed by atoms with Crippen molar-refractivity contribution in [1.29, 1.82) is 0 Å². The molecular weight excluding hydrogens is 241 g/mol. The Morgan fingerprint density at radius 1 is 1.14 bits per heavy atom. The highest BCUT2D eigenvalue weighted by atomic mass is 35.5. The molecule has 0 radical (unpaired) electrons. The highest BCUT2D eigenvalue weighted by molar-refractivity contribution is 7.04. The molecule has 0 bridgehead atoms. The van der Waals surface area contributed by atoms with Crippen molar-refractivity contribution in [3.05, 3.63) is 50.0 Å². The van der Waals surface area contributed by atoms with Crippen molar-refractivity contribution in [1.82, 2.24) is 3.96 Å². The molecule has 0 unspecified atom stereocenters. The fourth-order valence-corrected chi connectivity index (χ4v) is 2.32. The topological polar surface area (TPSA) is 22.0 Å². The van der Waals surface area contributed by atoms with Crippen LogP contribution in [-0.2, 0) is 0 Å². The third-order valence-electron chi connectivity index (χ3n) is 1.66. The molecule has 0 aliphatic rings. The lowest BCUT2D eigenvalue weighted by Crippen LogP contribution is -2.09. The normalized spacial score (nSPS) is 10.4. The van der Waals surface area contributed by atoms with E-state index < -0.39 is 0 Å². The first-order chi connectivity index (χ1) is 6.66. The Labute approximate surface area is 94.5 Å². The van der Waals surface area contributed by atoms with Crippen LogP contribution in [0.4, 0.5) is 0 Å². The number of aromatic nitrogens is 1. The monoisotopic (exact) mass is 245 g/mol. The molecule has 1 aromatic heterocycles. The summed E-state index contributed by atoms with van der Waals surface area (Å²) in [7, 11) is 0. The molecule has 5 heteroatoms. The quantitative estimate of drug-likeness (QED) is 0.757. The van der Waals surface area contributed by atoms with Crippen LogP contribution in [0.25, 0.3) is 5.69 Å². The Hall–Kier alpha value is -0.770. The largest absolute Gasteiger partial charge is 0.268 e. The second-order valence-electron chi connectivity index (χ2n) is 2.67. The lowest BCUT2D eigenvalue weighted by Gasteiger charge is -2.01. The SMILES string of the molecule is O=c1ccsn1-c1cc(Cl)cc(Cl)c1. The minimum atomic E-state index is -0.0756. The van der Waals surface area contributed by atoms with Crippen LogP contribution in [0.2, 0.25) is 10.0 Å². The molecule has 0 aliphatic heterocycles. The number of hydrogen-bond acceptors (Lipinski definition) is 2. The zero-order valence-electron chi connectivity index (χ0n) is 6.91. The standard InChI is InChI=1S/C9H5Cl2NOS/c10-6-3-7(11)5-8(4-6)12-9(13)1-2-14-12/h1-5H. The van der Waals surface area contributed by atoms with Crippen LogP contribution in [0.5, 0.6) is 0 Å². The molecule has 1 aromatic carbocycles. The van der Waals surface area contributed by atoms with Gasteiger partial charge < -0.3 is 0 Å². The van der Waals surface area contributed by atoms with E-state index >= 15 is 0 Å². The molecule has 0 aliphatic carbocycles. The van der Waals surface area contributed by atoms with Crippen molar-refractivity contribution in [2.45, 2.75) is 0 Å². The van der Waals surface area contributed by atoms with Gasteiger partial charge in [0.25, 0.3) is 5.56 Å².